The summed E-state index contributed by atoms with van der Waals surface area (Å²) in [5, 5.41) is 4.00. The van der Waals surface area contributed by atoms with Gasteiger partial charge in [-0.2, -0.15) is 9.97 Å². The summed E-state index contributed by atoms with van der Waals surface area (Å²) >= 11 is 0. The number of benzene rings is 2. The van der Waals surface area contributed by atoms with Crippen LogP contribution < -0.4 is 19.7 Å². The third kappa shape index (κ3) is 6.12. The molecule has 9 heteroatoms. The molecule has 2 heterocycles. The van der Waals surface area contributed by atoms with E-state index in [0.717, 1.165) is 40.8 Å². The van der Waals surface area contributed by atoms with Crippen LogP contribution in [0.5, 0.6) is 11.9 Å². The van der Waals surface area contributed by atoms with E-state index in [0.29, 0.717) is 17.3 Å². The summed E-state index contributed by atoms with van der Waals surface area (Å²) in [6.45, 7) is 5.46. The second-order valence-electron chi connectivity index (χ2n) is 9.31. The highest BCUT2D eigenvalue weighted by Gasteiger charge is 2.15. The Kier molecular flexibility index (Phi) is 8.28. The van der Waals surface area contributed by atoms with Gasteiger partial charge in [0.25, 0.3) is 0 Å². The second kappa shape index (κ2) is 11.8. The van der Waals surface area contributed by atoms with E-state index in [1.807, 2.05) is 64.7 Å². The molecule has 0 aliphatic carbocycles. The number of hydrogen-bond acceptors (Lipinski definition) is 7. The Labute approximate surface area is 223 Å². The predicted molar refractivity (Wildman–Crippen MR) is 152 cm³/mol. The largest absolute Gasteiger partial charge is 0.481 e. The van der Waals surface area contributed by atoms with Gasteiger partial charge in [0.05, 0.1) is 24.2 Å². The zero-order chi connectivity index (χ0) is 27.2. The fraction of sp³-hybridized carbons (Fsp3) is 0.276. The summed E-state index contributed by atoms with van der Waals surface area (Å²) in [5.74, 6) is 0.135. The molecule has 0 spiro atoms. The maximum atomic E-state index is 12.1. The van der Waals surface area contributed by atoms with Gasteiger partial charge in [-0.25, -0.2) is 0 Å². The van der Waals surface area contributed by atoms with Crippen LogP contribution in [0.4, 0.5) is 11.4 Å². The monoisotopic (exact) mass is 514 g/mol. The molecular weight excluding hydrogens is 480 g/mol. The molecule has 1 amide bonds. The Morgan fingerprint density at radius 2 is 1.89 bits per heavy atom. The number of aryl methyl sites for hydroxylation is 1. The number of methoxy groups -OCH3 is 1. The highest BCUT2D eigenvalue weighted by molar-refractivity contribution is 6.01. The fourth-order valence-electron chi connectivity index (χ4n) is 4.16. The van der Waals surface area contributed by atoms with Crippen molar-refractivity contribution in [2.24, 2.45) is 7.05 Å². The number of nitrogens with one attached hydrogen (secondary N) is 1. The Hall–Kier alpha value is -4.37. The molecule has 2 aromatic heterocycles. The van der Waals surface area contributed by atoms with Crippen molar-refractivity contribution in [1.82, 2.24) is 19.4 Å². The molecule has 38 heavy (non-hydrogen) atoms. The normalized spacial score (nSPS) is 11.0. The van der Waals surface area contributed by atoms with Crippen LogP contribution in [0.15, 0.2) is 67.4 Å². The van der Waals surface area contributed by atoms with Gasteiger partial charge in [0.1, 0.15) is 6.61 Å². The Balaban J connectivity index is 1.60. The molecule has 0 radical (unpaired) electrons. The van der Waals surface area contributed by atoms with Crippen LogP contribution in [0.25, 0.3) is 22.2 Å². The number of anilines is 2. The molecule has 198 valence electrons. The SMILES string of the molecule is C=CC(=O)Nc1cc(COc2nc(OC)cc(-c3cn(C)c4ccccc34)n2)ccc1N(C)CCN(C)C. The van der Waals surface area contributed by atoms with Crippen molar-refractivity contribution in [2.45, 2.75) is 6.61 Å². The average molecular weight is 515 g/mol. The third-order valence-corrected chi connectivity index (χ3v) is 6.23. The number of nitrogens with zero attached hydrogens (tertiary/aromatic N) is 5. The number of amides is 1. The molecule has 0 saturated heterocycles. The summed E-state index contributed by atoms with van der Waals surface area (Å²) in [6.07, 6.45) is 3.29. The number of hydrogen-bond donors (Lipinski definition) is 1. The standard InChI is InChI=1S/C29H34N6O3/c1-7-27(36)30-24-16-20(12-13-26(24)34(4)15-14-33(2)3)19-38-29-31-23(17-28(32-29)37-6)22-18-35(5)25-11-9-8-10-21(22)25/h7-13,16-18H,1,14-15,19H2,2-6H3,(H,30,36). The van der Waals surface area contributed by atoms with Crippen LogP contribution in [0.3, 0.4) is 0 Å². The number of fused-ring (bicyclic) bond motifs is 1. The number of carbonyl (C=O) groups is 1. The van der Waals surface area contributed by atoms with Crippen LogP contribution in [0, 0.1) is 0 Å². The lowest BCUT2D eigenvalue weighted by Crippen LogP contribution is -2.29. The maximum absolute atomic E-state index is 12.1. The minimum absolute atomic E-state index is 0.205. The van der Waals surface area contributed by atoms with Crippen molar-refractivity contribution in [3.8, 4) is 23.1 Å². The minimum Gasteiger partial charge on any atom is -0.481 e. The Morgan fingerprint density at radius 1 is 1.11 bits per heavy atom. The molecule has 0 aliphatic rings. The highest BCUT2D eigenvalue weighted by atomic mass is 16.5. The van der Waals surface area contributed by atoms with E-state index in [1.54, 1.807) is 13.2 Å². The molecule has 0 unspecified atom stereocenters. The van der Waals surface area contributed by atoms with E-state index < -0.39 is 0 Å². The summed E-state index contributed by atoms with van der Waals surface area (Å²) in [6, 6.07) is 16.0. The fourth-order valence-corrected chi connectivity index (χ4v) is 4.16. The van der Waals surface area contributed by atoms with Gasteiger partial charge < -0.3 is 29.2 Å². The zero-order valence-electron chi connectivity index (χ0n) is 22.6. The first-order chi connectivity index (χ1) is 18.3. The number of aromatic nitrogens is 3. The quantitative estimate of drug-likeness (QED) is 0.298. The van der Waals surface area contributed by atoms with Crippen LogP contribution in [-0.4, -0.2) is 66.7 Å². The van der Waals surface area contributed by atoms with Crippen molar-refractivity contribution < 1.29 is 14.3 Å². The van der Waals surface area contributed by atoms with E-state index in [4.69, 9.17) is 9.47 Å². The molecule has 0 atom stereocenters. The summed E-state index contributed by atoms with van der Waals surface area (Å²) in [4.78, 5) is 25.4. The lowest BCUT2D eigenvalue weighted by Gasteiger charge is -2.24. The molecule has 0 bridgehead atoms. The second-order valence-corrected chi connectivity index (χ2v) is 9.31. The first-order valence-corrected chi connectivity index (χ1v) is 12.3. The van der Waals surface area contributed by atoms with Gasteiger partial charge >= 0.3 is 6.01 Å². The lowest BCUT2D eigenvalue weighted by molar-refractivity contribution is -0.111. The van der Waals surface area contributed by atoms with E-state index >= 15 is 0 Å². The first-order valence-electron chi connectivity index (χ1n) is 12.3. The molecule has 0 aliphatic heterocycles. The molecular formula is C29H34N6O3. The minimum atomic E-state index is -0.277. The average Bonchev–Trinajstić information content (AvgIpc) is 3.26. The number of carbonyl (C=O) groups excluding carboxylic acids is 1. The summed E-state index contributed by atoms with van der Waals surface area (Å²) in [5.41, 5.74) is 5.22. The maximum Gasteiger partial charge on any atom is 0.320 e. The van der Waals surface area contributed by atoms with E-state index in [9.17, 15) is 4.79 Å². The van der Waals surface area contributed by atoms with E-state index in [2.05, 4.69) is 48.4 Å². The van der Waals surface area contributed by atoms with Gasteiger partial charge in [0, 0.05) is 55.9 Å². The zero-order valence-corrected chi connectivity index (χ0v) is 22.6. The van der Waals surface area contributed by atoms with Crippen LogP contribution in [-0.2, 0) is 18.4 Å². The summed E-state index contributed by atoms with van der Waals surface area (Å²) in [7, 11) is 9.63. The number of para-hydroxylation sites is 1. The number of ether oxygens (including phenoxy) is 2. The summed E-state index contributed by atoms with van der Waals surface area (Å²) < 4.78 is 13.5. The Bertz CT molecular complexity index is 1450. The third-order valence-electron chi connectivity index (χ3n) is 6.23. The van der Waals surface area contributed by atoms with E-state index in [1.165, 1.54) is 6.08 Å². The van der Waals surface area contributed by atoms with Crippen LogP contribution in [0.2, 0.25) is 0 Å². The van der Waals surface area contributed by atoms with Gasteiger partial charge in [0.15, 0.2) is 0 Å². The van der Waals surface area contributed by atoms with Gasteiger partial charge in [0.2, 0.25) is 11.8 Å². The van der Waals surface area contributed by atoms with Gasteiger partial charge in [-0.1, -0.05) is 30.8 Å². The number of rotatable bonds is 11. The van der Waals surface area contributed by atoms with Gasteiger partial charge in [-0.3, -0.25) is 4.79 Å². The molecule has 4 rings (SSSR count). The van der Waals surface area contributed by atoms with Crippen molar-refractivity contribution >= 4 is 28.2 Å². The topological polar surface area (TPSA) is 84.7 Å². The van der Waals surface area contributed by atoms with Crippen LogP contribution in [0.1, 0.15) is 5.56 Å². The van der Waals surface area contributed by atoms with Crippen molar-refractivity contribution in [1.29, 1.82) is 0 Å². The van der Waals surface area contributed by atoms with Gasteiger partial charge in [-0.05, 0) is 43.9 Å². The molecule has 0 saturated carbocycles. The predicted octanol–water partition coefficient (Wildman–Crippen LogP) is 4.35. The van der Waals surface area contributed by atoms with Gasteiger partial charge in [-0.15, -0.1) is 0 Å². The van der Waals surface area contributed by atoms with Crippen LogP contribution >= 0.6 is 0 Å². The molecule has 1 N–H and O–H groups in total. The molecule has 2 aromatic carbocycles. The lowest BCUT2D eigenvalue weighted by atomic mass is 10.1. The molecule has 4 aromatic rings. The van der Waals surface area contributed by atoms with Crippen molar-refractivity contribution in [3.05, 3.63) is 72.9 Å². The highest BCUT2D eigenvalue weighted by Crippen LogP contribution is 2.32. The van der Waals surface area contributed by atoms with Crippen molar-refractivity contribution in [2.75, 3.05) is 51.6 Å². The number of likely N-dealkylation sites (N-methyl/N-ethyl adjacent to an activating group) is 2. The van der Waals surface area contributed by atoms with Crippen molar-refractivity contribution in [3.63, 3.8) is 0 Å². The van der Waals surface area contributed by atoms with E-state index in [-0.39, 0.29) is 18.5 Å². The molecule has 0 fully saturated rings. The Morgan fingerprint density at radius 3 is 2.63 bits per heavy atom. The smallest absolute Gasteiger partial charge is 0.320 e. The first kappa shape index (κ1) is 26.7. The molecule has 9 nitrogen and oxygen atoms in total.